The number of aliphatic carboxylic acids is 1. The molecule has 0 fully saturated rings. The highest BCUT2D eigenvalue weighted by molar-refractivity contribution is 7.79. The Labute approximate surface area is 55.2 Å². The molecule has 0 heterocycles. The summed E-state index contributed by atoms with van der Waals surface area (Å²) in [5.41, 5.74) is 0. The highest BCUT2D eigenvalue weighted by Gasteiger charge is 2.09. The second kappa shape index (κ2) is 3.58. The van der Waals surface area contributed by atoms with E-state index in [4.69, 9.17) is 5.11 Å². The van der Waals surface area contributed by atoms with Crippen molar-refractivity contribution in [2.45, 2.75) is 6.92 Å². The summed E-state index contributed by atoms with van der Waals surface area (Å²) < 4.78 is 19.7. The molecule has 2 unspecified atom stereocenters. The Balaban J connectivity index is 3.63. The van der Waals surface area contributed by atoms with Gasteiger partial charge < -0.3 is 9.66 Å². The van der Waals surface area contributed by atoms with Crippen molar-refractivity contribution in [3.05, 3.63) is 0 Å². The van der Waals surface area contributed by atoms with Gasteiger partial charge in [0, 0.05) is 5.75 Å². The summed E-state index contributed by atoms with van der Waals surface area (Å²) in [6.07, 6.45) is 0. The first-order valence-corrected chi connectivity index (χ1v) is 3.57. The van der Waals surface area contributed by atoms with Gasteiger partial charge in [0.25, 0.3) is 0 Å². The van der Waals surface area contributed by atoms with Gasteiger partial charge in [-0.1, -0.05) is 18.0 Å². The highest BCUT2D eigenvalue weighted by atomic mass is 32.2. The normalized spacial score (nSPS) is 16.7. The SMILES string of the molecule is CC(CS(=O)[O-])C(=O)O. The number of hydrogen-bond donors (Lipinski definition) is 1. The van der Waals surface area contributed by atoms with Crippen molar-refractivity contribution in [2.75, 3.05) is 5.75 Å². The topological polar surface area (TPSA) is 77.4 Å². The van der Waals surface area contributed by atoms with Gasteiger partial charge in [0.1, 0.15) is 0 Å². The average Bonchev–Trinajstić information content (AvgIpc) is 1.63. The molecule has 1 N–H and O–H groups in total. The van der Waals surface area contributed by atoms with Crippen molar-refractivity contribution in [1.29, 1.82) is 0 Å². The molecule has 0 radical (unpaired) electrons. The first kappa shape index (κ1) is 8.58. The van der Waals surface area contributed by atoms with Crippen LogP contribution in [0.2, 0.25) is 0 Å². The summed E-state index contributed by atoms with van der Waals surface area (Å²) in [6.45, 7) is 1.35. The Morgan fingerprint density at radius 3 is 2.44 bits per heavy atom. The van der Waals surface area contributed by atoms with Crippen molar-refractivity contribution in [1.82, 2.24) is 0 Å². The highest BCUT2D eigenvalue weighted by Crippen LogP contribution is 1.95. The van der Waals surface area contributed by atoms with Crippen LogP contribution in [0.25, 0.3) is 0 Å². The molecular weight excluding hydrogens is 144 g/mol. The van der Waals surface area contributed by atoms with Crippen LogP contribution in [-0.4, -0.2) is 25.6 Å². The van der Waals surface area contributed by atoms with E-state index in [1.54, 1.807) is 0 Å². The molecule has 0 bridgehead atoms. The lowest BCUT2D eigenvalue weighted by molar-refractivity contribution is -0.140. The van der Waals surface area contributed by atoms with Crippen LogP contribution in [0.1, 0.15) is 6.92 Å². The standard InChI is InChI=1S/C4H8O4S/c1-3(4(5)6)2-9(7)8/h3H,2H2,1H3,(H,5,6)(H,7,8)/p-1. The van der Waals surface area contributed by atoms with Gasteiger partial charge in [-0.15, -0.1) is 0 Å². The molecule has 0 spiro atoms. The number of hydrogen-bond acceptors (Lipinski definition) is 3. The molecule has 0 aliphatic carbocycles. The van der Waals surface area contributed by atoms with Crippen molar-refractivity contribution >= 4 is 17.0 Å². The zero-order valence-electron chi connectivity index (χ0n) is 4.86. The maximum Gasteiger partial charge on any atom is 0.307 e. The second-order valence-electron chi connectivity index (χ2n) is 1.71. The van der Waals surface area contributed by atoms with Crippen LogP contribution in [-0.2, 0) is 15.9 Å². The average molecular weight is 151 g/mol. The second-order valence-corrected chi connectivity index (χ2v) is 2.65. The van der Waals surface area contributed by atoms with E-state index in [0.29, 0.717) is 0 Å². The fourth-order valence-corrected chi connectivity index (χ4v) is 0.826. The fraction of sp³-hybridized carbons (Fsp3) is 0.750. The number of carboxylic acids is 1. The van der Waals surface area contributed by atoms with Gasteiger partial charge in [0.15, 0.2) is 0 Å². The molecule has 0 aromatic heterocycles. The summed E-state index contributed by atoms with van der Waals surface area (Å²) in [6, 6.07) is 0. The zero-order valence-corrected chi connectivity index (χ0v) is 5.68. The van der Waals surface area contributed by atoms with Crippen molar-refractivity contribution in [3.8, 4) is 0 Å². The number of carboxylic acid groups (broad SMARTS) is 1. The Bertz CT molecular complexity index is 133. The zero-order chi connectivity index (χ0) is 7.44. The third-order valence-electron chi connectivity index (χ3n) is 0.808. The molecular formula is C4H7O4S-. The van der Waals surface area contributed by atoms with Gasteiger partial charge in [-0.25, -0.2) is 0 Å². The van der Waals surface area contributed by atoms with E-state index in [9.17, 15) is 13.6 Å². The van der Waals surface area contributed by atoms with Crippen molar-refractivity contribution in [2.24, 2.45) is 5.92 Å². The van der Waals surface area contributed by atoms with Gasteiger partial charge >= 0.3 is 5.97 Å². The van der Waals surface area contributed by atoms with Crippen LogP contribution in [0.4, 0.5) is 0 Å². The molecule has 0 amide bonds. The van der Waals surface area contributed by atoms with Crippen molar-refractivity contribution < 1.29 is 18.7 Å². The van der Waals surface area contributed by atoms with Gasteiger partial charge in [-0.2, -0.15) is 0 Å². The molecule has 2 atom stereocenters. The summed E-state index contributed by atoms with van der Waals surface area (Å²) in [5, 5.41) is 8.16. The third kappa shape index (κ3) is 4.11. The van der Waals surface area contributed by atoms with E-state index in [0.717, 1.165) is 0 Å². The Morgan fingerprint density at radius 1 is 1.89 bits per heavy atom. The lowest BCUT2D eigenvalue weighted by atomic mass is 10.2. The van der Waals surface area contributed by atoms with E-state index < -0.39 is 23.0 Å². The summed E-state index contributed by atoms with van der Waals surface area (Å²) >= 11 is -2.25. The molecule has 0 rings (SSSR count). The number of rotatable bonds is 3. The first-order chi connectivity index (χ1) is 4.04. The van der Waals surface area contributed by atoms with E-state index in [1.165, 1.54) is 6.92 Å². The van der Waals surface area contributed by atoms with Crippen LogP contribution < -0.4 is 0 Å². The third-order valence-corrected chi connectivity index (χ3v) is 1.58. The van der Waals surface area contributed by atoms with Crippen molar-refractivity contribution in [3.63, 3.8) is 0 Å². The van der Waals surface area contributed by atoms with E-state index in [1.807, 2.05) is 0 Å². The van der Waals surface area contributed by atoms with Gasteiger partial charge in [0.05, 0.1) is 5.92 Å². The Morgan fingerprint density at radius 2 is 2.33 bits per heavy atom. The lowest BCUT2D eigenvalue weighted by Gasteiger charge is -2.07. The molecule has 0 aromatic carbocycles. The molecule has 9 heavy (non-hydrogen) atoms. The van der Waals surface area contributed by atoms with E-state index in [-0.39, 0.29) is 5.75 Å². The molecule has 54 valence electrons. The molecule has 0 saturated carbocycles. The Hall–Kier alpha value is -0.420. The Kier molecular flexibility index (Phi) is 3.41. The van der Waals surface area contributed by atoms with Crippen LogP contribution >= 0.6 is 0 Å². The molecule has 4 nitrogen and oxygen atoms in total. The minimum absolute atomic E-state index is 0.310. The van der Waals surface area contributed by atoms with E-state index >= 15 is 0 Å². The lowest BCUT2D eigenvalue weighted by Crippen LogP contribution is -2.16. The predicted octanol–water partition coefficient (Wildman–Crippen LogP) is -0.414. The number of carbonyl (C=O) groups is 1. The van der Waals surface area contributed by atoms with Crippen LogP contribution in [0.5, 0.6) is 0 Å². The quantitative estimate of drug-likeness (QED) is 0.556. The molecule has 0 saturated heterocycles. The smallest absolute Gasteiger partial charge is 0.307 e. The monoisotopic (exact) mass is 151 g/mol. The maximum atomic E-state index is 9.96. The summed E-state index contributed by atoms with van der Waals surface area (Å²) in [7, 11) is 0. The summed E-state index contributed by atoms with van der Waals surface area (Å²) in [5.74, 6) is -2.20. The summed E-state index contributed by atoms with van der Waals surface area (Å²) in [4.78, 5) is 9.96. The minimum Gasteiger partial charge on any atom is -0.772 e. The van der Waals surface area contributed by atoms with Gasteiger partial charge in [0.2, 0.25) is 0 Å². The van der Waals surface area contributed by atoms with Gasteiger partial charge in [-0.05, 0) is 0 Å². The maximum absolute atomic E-state index is 9.96. The molecule has 5 heteroatoms. The molecule has 0 aliphatic heterocycles. The fourth-order valence-electron chi connectivity index (χ4n) is 0.275. The van der Waals surface area contributed by atoms with Crippen LogP contribution in [0, 0.1) is 5.92 Å². The van der Waals surface area contributed by atoms with Gasteiger partial charge in [-0.3, -0.25) is 9.00 Å². The van der Waals surface area contributed by atoms with Crippen LogP contribution in [0.3, 0.4) is 0 Å². The molecule has 0 aromatic rings. The predicted molar refractivity (Wildman–Crippen MR) is 30.6 cm³/mol. The largest absolute Gasteiger partial charge is 0.772 e. The van der Waals surface area contributed by atoms with E-state index in [2.05, 4.69) is 0 Å². The molecule has 0 aliphatic rings. The minimum atomic E-state index is -2.25. The van der Waals surface area contributed by atoms with Crippen LogP contribution in [0.15, 0.2) is 0 Å². The first-order valence-electron chi connectivity index (χ1n) is 2.32.